The summed E-state index contributed by atoms with van der Waals surface area (Å²) >= 11 is 0. The van der Waals surface area contributed by atoms with Crippen LogP contribution in [0, 0.1) is 11.7 Å². The number of rotatable bonds is 4. The Morgan fingerprint density at radius 3 is 3.08 bits per heavy atom. The first-order valence-electron chi connectivity index (χ1n) is 8.24. The first kappa shape index (κ1) is 17.3. The normalized spacial score (nSPS) is 18.0. The number of amides is 1. The van der Waals surface area contributed by atoms with Crippen molar-refractivity contribution in [2.75, 3.05) is 26.3 Å². The summed E-state index contributed by atoms with van der Waals surface area (Å²) < 4.78 is 18.9. The molecule has 0 saturated carbocycles. The molecular weight excluding hydrogens is 325 g/mol. The monoisotopic (exact) mass is 345 g/mol. The summed E-state index contributed by atoms with van der Waals surface area (Å²) in [6.45, 7) is 2.02. The van der Waals surface area contributed by atoms with E-state index in [1.54, 1.807) is 17.0 Å². The first-order chi connectivity index (χ1) is 12.1. The molecule has 1 aromatic heterocycles. The van der Waals surface area contributed by atoms with Crippen LogP contribution in [0.25, 0.3) is 0 Å². The molecule has 1 atom stereocenters. The van der Waals surface area contributed by atoms with Gasteiger partial charge in [-0.25, -0.2) is 9.37 Å². The van der Waals surface area contributed by atoms with Crippen molar-refractivity contribution < 1.29 is 13.9 Å². The Bertz CT molecular complexity index is 793. The van der Waals surface area contributed by atoms with E-state index in [1.807, 2.05) is 0 Å². The molecule has 2 heterocycles. The van der Waals surface area contributed by atoms with E-state index in [2.05, 4.69) is 9.97 Å². The standard InChI is InChI=1S/C18H20FN3O3/c19-15-3-1-2-13(6-15)8-18(24)22-4-5-25-11-14(10-22)7-16-9-17(23)21-12-20-16/h1-3,6,9,12,14H,4-5,7-8,10-11H2,(H,20,21,23). The predicted molar refractivity (Wildman–Crippen MR) is 89.6 cm³/mol. The summed E-state index contributed by atoms with van der Waals surface area (Å²) in [6, 6.07) is 7.55. The number of aromatic amines is 1. The van der Waals surface area contributed by atoms with Crippen LogP contribution in [-0.4, -0.2) is 47.1 Å². The smallest absolute Gasteiger partial charge is 0.250 e. The molecule has 0 spiro atoms. The zero-order valence-corrected chi connectivity index (χ0v) is 13.8. The van der Waals surface area contributed by atoms with Gasteiger partial charge in [0.05, 0.1) is 26.0 Å². The summed E-state index contributed by atoms with van der Waals surface area (Å²) in [5.74, 6) is -0.337. The van der Waals surface area contributed by atoms with Crippen LogP contribution >= 0.6 is 0 Å². The van der Waals surface area contributed by atoms with Crippen LogP contribution in [0.1, 0.15) is 11.3 Å². The predicted octanol–water partition coefficient (Wildman–Crippen LogP) is 1.17. The van der Waals surface area contributed by atoms with Crippen LogP contribution in [0.3, 0.4) is 0 Å². The molecule has 3 rings (SSSR count). The fourth-order valence-electron chi connectivity index (χ4n) is 2.98. The number of hydrogen-bond acceptors (Lipinski definition) is 4. The molecule has 1 fully saturated rings. The number of hydrogen-bond donors (Lipinski definition) is 1. The maximum Gasteiger partial charge on any atom is 0.250 e. The maximum atomic E-state index is 13.3. The second kappa shape index (κ2) is 8.02. The molecule has 25 heavy (non-hydrogen) atoms. The topological polar surface area (TPSA) is 75.3 Å². The number of carbonyl (C=O) groups is 1. The summed E-state index contributed by atoms with van der Waals surface area (Å²) in [7, 11) is 0. The highest BCUT2D eigenvalue weighted by Gasteiger charge is 2.23. The van der Waals surface area contributed by atoms with Crippen molar-refractivity contribution >= 4 is 5.91 Å². The van der Waals surface area contributed by atoms with Gasteiger partial charge in [0.25, 0.3) is 5.56 Å². The van der Waals surface area contributed by atoms with Crippen molar-refractivity contribution in [1.82, 2.24) is 14.9 Å². The van der Waals surface area contributed by atoms with Gasteiger partial charge < -0.3 is 14.6 Å². The molecule has 0 radical (unpaired) electrons. The number of aromatic nitrogens is 2. The molecule has 1 aliphatic rings. The van der Waals surface area contributed by atoms with Gasteiger partial charge in [0.1, 0.15) is 5.82 Å². The van der Waals surface area contributed by atoms with Crippen LogP contribution in [0.15, 0.2) is 41.5 Å². The number of nitrogens with one attached hydrogen (secondary N) is 1. The number of ether oxygens (including phenoxy) is 1. The third-order valence-corrected chi connectivity index (χ3v) is 4.17. The fourth-order valence-corrected chi connectivity index (χ4v) is 2.98. The molecule has 1 aliphatic heterocycles. The lowest BCUT2D eigenvalue weighted by atomic mass is 10.0. The van der Waals surface area contributed by atoms with E-state index in [-0.39, 0.29) is 29.6 Å². The van der Waals surface area contributed by atoms with Gasteiger partial charge in [-0.05, 0) is 24.1 Å². The van der Waals surface area contributed by atoms with Gasteiger partial charge in [0, 0.05) is 30.8 Å². The van der Waals surface area contributed by atoms with Crippen molar-refractivity contribution in [3.8, 4) is 0 Å². The summed E-state index contributed by atoms with van der Waals surface area (Å²) in [5.41, 5.74) is 1.14. The molecular formula is C18H20FN3O3. The second-order valence-corrected chi connectivity index (χ2v) is 6.19. The number of halogens is 1. The van der Waals surface area contributed by atoms with E-state index >= 15 is 0 Å². The second-order valence-electron chi connectivity index (χ2n) is 6.19. The molecule has 1 aromatic carbocycles. The van der Waals surface area contributed by atoms with Gasteiger partial charge in [-0.15, -0.1) is 0 Å². The van der Waals surface area contributed by atoms with E-state index < -0.39 is 0 Å². The Morgan fingerprint density at radius 1 is 1.40 bits per heavy atom. The number of nitrogens with zero attached hydrogens (tertiary/aromatic N) is 2. The zero-order valence-electron chi connectivity index (χ0n) is 13.8. The lowest BCUT2D eigenvalue weighted by Crippen LogP contribution is -2.37. The highest BCUT2D eigenvalue weighted by Crippen LogP contribution is 2.14. The van der Waals surface area contributed by atoms with Crippen molar-refractivity contribution in [3.63, 3.8) is 0 Å². The van der Waals surface area contributed by atoms with Gasteiger partial charge in [0.2, 0.25) is 5.91 Å². The quantitative estimate of drug-likeness (QED) is 0.903. The Hall–Kier alpha value is -2.54. The number of H-pyrrole nitrogens is 1. The van der Waals surface area contributed by atoms with Gasteiger partial charge >= 0.3 is 0 Å². The van der Waals surface area contributed by atoms with Crippen LogP contribution in [0.4, 0.5) is 4.39 Å². The van der Waals surface area contributed by atoms with Crippen molar-refractivity contribution in [2.24, 2.45) is 5.92 Å². The first-order valence-corrected chi connectivity index (χ1v) is 8.24. The minimum Gasteiger partial charge on any atom is -0.379 e. The summed E-state index contributed by atoms with van der Waals surface area (Å²) in [4.78, 5) is 32.3. The molecule has 132 valence electrons. The molecule has 1 N–H and O–H groups in total. The molecule has 1 saturated heterocycles. The minimum absolute atomic E-state index is 0.0556. The van der Waals surface area contributed by atoms with Crippen molar-refractivity contribution in [1.29, 1.82) is 0 Å². The summed E-state index contributed by atoms with van der Waals surface area (Å²) in [5, 5.41) is 0. The lowest BCUT2D eigenvalue weighted by molar-refractivity contribution is -0.130. The van der Waals surface area contributed by atoms with Crippen molar-refractivity contribution in [3.05, 3.63) is 64.1 Å². The minimum atomic E-state index is -0.345. The molecule has 0 aliphatic carbocycles. The van der Waals surface area contributed by atoms with Crippen molar-refractivity contribution in [2.45, 2.75) is 12.8 Å². The van der Waals surface area contributed by atoms with Crippen LogP contribution < -0.4 is 5.56 Å². The van der Waals surface area contributed by atoms with Crippen LogP contribution in [0.2, 0.25) is 0 Å². The third-order valence-electron chi connectivity index (χ3n) is 4.17. The number of benzene rings is 1. The van der Waals surface area contributed by atoms with Crippen LogP contribution in [-0.2, 0) is 22.4 Å². The largest absolute Gasteiger partial charge is 0.379 e. The molecule has 6 nitrogen and oxygen atoms in total. The molecule has 2 aromatic rings. The Balaban J connectivity index is 1.64. The summed E-state index contributed by atoms with van der Waals surface area (Å²) in [6.07, 6.45) is 2.10. The molecule has 7 heteroatoms. The van der Waals surface area contributed by atoms with Crippen LogP contribution in [0.5, 0.6) is 0 Å². The van der Waals surface area contributed by atoms with Gasteiger partial charge in [-0.3, -0.25) is 9.59 Å². The fraction of sp³-hybridized carbons (Fsp3) is 0.389. The number of carbonyl (C=O) groups excluding carboxylic acids is 1. The average molecular weight is 345 g/mol. The SMILES string of the molecule is O=C(Cc1cccc(F)c1)N1CCOCC(Cc2cc(=O)[nH]cn2)C1. The van der Waals surface area contributed by atoms with E-state index in [9.17, 15) is 14.0 Å². The Labute approximate surface area is 144 Å². The van der Waals surface area contributed by atoms with E-state index in [1.165, 1.54) is 24.5 Å². The molecule has 1 amide bonds. The van der Waals surface area contributed by atoms with Gasteiger partial charge in [-0.2, -0.15) is 0 Å². The zero-order chi connectivity index (χ0) is 17.6. The average Bonchev–Trinajstić information content (AvgIpc) is 2.80. The Kier molecular flexibility index (Phi) is 5.55. The highest BCUT2D eigenvalue weighted by molar-refractivity contribution is 5.78. The maximum absolute atomic E-state index is 13.3. The van der Waals surface area contributed by atoms with E-state index in [0.29, 0.717) is 44.0 Å². The Morgan fingerprint density at radius 2 is 2.28 bits per heavy atom. The lowest BCUT2D eigenvalue weighted by Gasteiger charge is -2.23. The van der Waals surface area contributed by atoms with Gasteiger partial charge in [-0.1, -0.05) is 12.1 Å². The third kappa shape index (κ3) is 4.96. The highest BCUT2D eigenvalue weighted by atomic mass is 19.1. The van der Waals surface area contributed by atoms with Gasteiger partial charge in [0.15, 0.2) is 0 Å². The molecule has 0 bridgehead atoms. The van der Waals surface area contributed by atoms with E-state index in [4.69, 9.17) is 4.74 Å². The van der Waals surface area contributed by atoms with E-state index in [0.717, 1.165) is 0 Å². The molecule has 1 unspecified atom stereocenters.